The minimum atomic E-state index is -0.547. The maximum atomic E-state index is 13.9. The van der Waals surface area contributed by atoms with Crippen molar-refractivity contribution in [2.45, 2.75) is 32.4 Å². The minimum absolute atomic E-state index is 0.00369. The van der Waals surface area contributed by atoms with E-state index in [1.165, 1.54) is 19.2 Å². The molecule has 1 aliphatic heterocycles. The van der Waals surface area contributed by atoms with Crippen molar-refractivity contribution in [1.29, 1.82) is 0 Å². The van der Waals surface area contributed by atoms with E-state index in [0.717, 1.165) is 0 Å². The lowest BCUT2D eigenvalue weighted by Gasteiger charge is -2.39. The summed E-state index contributed by atoms with van der Waals surface area (Å²) in [7, 11) is 1.48. The lowest BCUT2D eigenvalue weighted by Crippen LogP contribution is -2.52. The van der Waals surface area contributed by atoms with Gasteiger partial charge in [-0.3, -0.25) is 4.68 Å². The van der Waals surface area contributed by atoms with E-state index < -0.39 is 11.4 Å². The maximum Gasteiger partial charge on any atom is 0.410 e. The van der Waals surface area contributed by atoms with E-state index in [2.05, 4.69) is 15.2 Å². The molecule has 1 fully saturated rings. The molecule has 0 radical (unpaired) electrons. The zero-order valence-electron chi connectivity index (χ0n) is 19.7. The Bertz CT molecular complexity index is 1420. The highest BCUT2D eigenvalue weighted by Gasteiger charge is 2.35. The summed E-state index contributed by atoms with van der Waals surface area (Å²) in [5, 5.41) is 9.20. The van der Waals surface area contributed by atoms with Gasteiger partial charge in [0.2, 0.25) is 0 Å². The second kappa shape index (κ2) is 8.53. The predicted molar refractivity (Wildman–Crippen MR) is 128 cm³/mol. The van der Waals surface area contributed by atoms with Gasteiger partial charge in [0.25, 0.3) is 0 Å². The molecule has 35 heavy (non-hydrogen) atoms. The number of hydrogen-bond donors (Lipinski definition) is 0. The third kappa shape index (κ3) is 4.29. The van der Waals surface area contributed by atoms with Gasteiger partial charge in [0.1, 0.15) is 34.1 Å². The zero-order chi connectivity index (χ0) is 24.9. The fraction of sp³-hybridized carbons (Fsp3) is 0.333. The number of carbonyl (C=O) groups excluding carboxylic acids is 1. The SMILES string of the molecule is COc1cc(F)ccc1-c1c(-c2cnn(C3CN(C(=O)OC(C)(C)C)C3)c2)nc(Cl)c2ccnn12. The van der Waals surface area contributed by atoms with E-state index in [4.69, 9.17) is 21.1 Å². The Morgan fingerprint density at radius 2 is 1.97 bits per heavy atom. The molecule has 3 aromatic heterocycles. The molecule has 0 atom stereocenters. The molecule has 0 spiro atoms. The Morgan fingerprint density at radius 3 is 2.69 bits per heavy atom. The maximum absolute atomic E-state index is 13.9. The molecule has 1 aliphatic rings. The van der Waals surface area contributed by atoms with Gasteiger partial charge in [0.05, 0.1) is 25.5 Å². The van der Waals surface area contributed by atoms with Crippen LogP contribution < -0.4 is 4.74 Å². The molecular weight excluding hydrogens is 475 g/mol. The molecule has 0 N–H and O–H groups in total. The molecule has 0 aliphatic carbocycles. The molecule has 9 nitrogen and oxygen atoms in total. The molecule has 1 saturated heterocycles. The van der Waals surface area contributed by atoms with Crippen molar-refractivity contribution in [2.75, 3.05) is 20.2 Å². The molecule has 0 bridgehead atoms. The fourth-order valence-electron chi connectivity index (χ4n) is 4.01. The third-order valence-corrected chi connectivity index (χ3v) is 5.96. The number of nitrogens with zero attached hydrogens (tertiary/aromatic N) is 6. The first-order chi connectivity index (χ1) is 16.6. The van der Waals surface area contributed by atoms with Crippen LogP contribution in [-0.4, -0.2) is 61.2 Å². The summed E-state index contributed by atoms with van der Waals surface area (Å²) in [6.07, 6.45) is 4.81. The average molecular weight is 499 g/mol. The molecular formula is C24H24ClFN6O3. The number of benzene rings is 1. The largest absolute Gasteiger partial charge is 0.496 e. The Labute approximate surface area is 206 Å². The van der Waals surface area contributed by atoms with Gasteiger partial charge in [-0.05, 0) is 39.0 Å². The van der Waals surface area contributed by atoms with Gasteiger partial charge >= 0.3 is 6.09 Å². The number of aromatic nitrogens is 5. The number of ether oxygens (including phenoxy) is 2. The lowest BCUT2D eigenvalue weighted by atomic mass is 10.0. The highest BCUT2D eigenvalue weighted by atomic mass is 35.5. The molecule has 5 rings (SSSR count). The van der Waals surface area contributed by atoms with Crippen LogP contribution in [-0.2, 0) is 4.74 Å². The minimum Gasteiger partial charge on any atom is -0.496 e. The molecule has 1 aromatic carbocycles. The van der Waals surface area contributed by atoms with E-state index in [1.54, 1.807) is 38.6 Å². The summed E-state index contributed by atoms with van der Waals surface area (Å²) in [5.41, 5.74) is 2.47. The highest BCUT2D eigenvalue weighted by molar-refractivity contribution is 6.32. The lowest BCUT2D eigenvalue weighted by molar-refractivity contribution is -0.000383. The highest BCUT2D eigenvalue weighted by Crippen LogP contribution is 2.38. The number of fused-ring (bicyclic) bond motifs is 1. The Morgan fingerprint density at radius 1 is 1.20 bits per heavy atom. The van der Waals surface area contributed by atoms with E-state index in [0.29, 0.717) is 46.9 Å². The van der Waals surface area contributed by atoms with Gasteiger partial charge < -0.3 is 14.4 Å². The number of rotatable bonds is 4. The summed E-state index contributed by atoms with van der Waals surface area (Å²) < 4.78 is 28.3. The smallest absolute Gasteiger partial charge is 0.410 e. The molecule has 182 valence electrons. The predicted octanol–water partition coefficient (Wildman–Crippen LogP) is 4.85. The summed E-state index contributed by atoms with van der Waals surface area (Å²) in [5.74, 6) is -0.0790. The second-order valence-corrected chi connectivity index (χ2v) is 9.68. The average Bonchev–Trinajstić information content (AvgIpc) is 3.42. The van der Waals surface area contributed by atoms with E-state index in [9.17, 15) is 9.18 Å². The Kier molecular flexibility index (Phi) is 5.63. The van der Waals surface area contributed by atoms with Crippen LogP contribution in [0.3, 0.4) is 0 Å². The van der Waals surface area contributed by atoms with Crippen LogP contribution in [0.5, 0.6) is 5.75 Å². The van der Waals surface area contributed by atoms with Gasteiger partial charge in [0.15, 0.2) is 5.15 Å². The topological polar surface area (TPSA) is 86.8 Å². The van der Waals surface area contributed by atoms with Crippen LogP contribution in [0.4, 0.5) is 9.18 Å². The van der Waals surface area contributed by atoms with Crippen molar-refractivity contribution in [1.82, 2.24) is 29.3 Å². The fourth-order valence-corrected chi connectivity index (χ4v) is 4.24. The number of hydrogen-bond acceptors (Lipinski definition) is 6. The van der Waals surface area contributed by atoms with Gasteiger partial charge in [-0.2, -0.15) is 10.2 Å². The van der Waals surface area contributed by atoms with Crippen molar-refractivity contribution >= 4 is 23.2 Å². The standard InChI is InChI=1S/C24H24ClFN6O3/c1-24(2,3)35-23(33)30-12-16(13-30)31-11-14(10-28-31)20-21(17-6-5-15(26)9-19(17)34-4)32-18(7-8-27-32)22(25)29-20/h5-11,16H,12-13H2,1-4H3. The van der Waals surface area contributed by atoms with Crippen molar-refractivity contribution in [2.24, 2.45) is 0 Å². The van der Waals surface area contributed by atoms with Gasteiger partial charge in [-0.15, -0.1) is 0 Å². The number of halogens is 2. The number of methoxy groups -OCH3 is 1. The normalized spacial score (nSPS) is 14.3. The van der Waals surface area contributed by atoms with Crippen molar-refractivity contribution in [3.8, 4) is 28.3 Å². The van der Waals surface area contributed by atoms with Gasteiger partial charge in [-0.1, -0.05) is 11.6 Å². The second-order valence-electron chi connectivity index (χ2n) is 9.32. The zero-order valence-corrected chi connectivity index (χ0v) is 20.5. The van der Waals surface area contributed by atoms with Crippen molar-refractivity contribution in [3.05, 3.63) is 53.8 Å². The molecule has 1 amide bonds. The number of amides is 1. The third-order valence-electron chi connectivity index (χ3n) is 5.68. The van der Waals surface area contributed by atoms with Crippen LogP contribution >= 0.6 is 11.6 Å². The van der Waals surface area contributed by atoms with Crippen molar-refractivity contribution in [3.63, 3.8) is 0 Å². The van der Waals surface area contributed by atoms with E-state index in [-0.39, 0.29) is 17.3 Å². The van der Waals surface area contributed by atoms with Gasteiger partial charge in [0, 0.05) is 36.5 Å². The van der Waals surface area contributed by atoms with E-state index >= 15 is 0 Å². The Balaban J connectivity index is 1.51. The molecule has 4 aromatic rings. The summed E-state index contributed by atoms with van der Waals surface area (Å²) in [6.45, 7) is 6.49. The number of carbonyl (C=O) groups is 1. The summed E-state index contributed by atoms with van der Waals surface area (Å²) >= 11 is 6.48. The molecule has 4 heterocycles. The summed E-state index contributed by atoms with van der Waals surface area (Å²) in [4.78, 5) is 18.5. The first kappa shape index (κ1) is 23.1. The van der Waals surface area contributed by atoms with E-state index in [1.807, 2.05) is 27.0 Å². The number of likely N-dealkylation sites (tertiary alicyclic amines) is 1. The summed E-state index contributed by atoms with van der Waals surface area (Å²) in [6, 6.07) is 6.05. The van der Waals surface area contributed by atoms with Crippen LogP contribution in [0.2, 0.25) is 5.15 Å². The molecule has 0 unspecified atom stereocenters. The Hall–Kier alpha value is -3.66. The monoisotopic (exact) mass is 498 g/mol. The molecule has 0 saturated carbocycles. The quantitative estimate of drug-likeness (QED) is 0.399. The first-order valence-electron chi connectivity index (χ1n) is 11.0. The van der Waals surface area contributed by atoms with Crippen LogP contribution in [0, 0.1) is 5.82 Å². The van der Waals surface area contributed by atoms with Crippen molar-refractivity contribution < 1.29 is 18.7 Å². The first-order valence-corrected chi connectivity index (χ1v) is 11.4. The van der Waals surface area contributed by atoms with Crippen LogP contribution in [0.15, 0.2) is 42.9 Å². The molecule has 11 heteroatoms. The van der Waals surface area contributed by atoms with Gasteiger partial charge in [-0.25, -0.2) is 18.7 Å². The van der Waals surface area contributed by atoms with Crippen LogP contribution in [0.1, 0.15) is 26.8 Å². The van der Waals surface area contributed by atoms with Crippen LogP contribution in [0.25, 0.3) is 28.0 Å².